The van der Waals surface area contributed by atoms with Crippen molar-refractivity contribution in [3.63, 3.8) is 0 Å². The van der Waals surface area contributed by atoms with E-state index in [0.29, 0.717) is 18.1 Å². The van der Waals surface area contributed by atoms with Crippen LogP contribution in [0.2, 0.25) is 5.02 Å². The summed E-state index contributed by atoms with van der Waals surface area (Å²) in [6.45, 7) is 0. The van der Waals surface area contributed by atoms with Crippen LogP contribution >= 0.6 is 11.6 Å². The summed E-state index contributed by atoms with van der Waals surface area (Å²) < 4.78 is 0. The first-order valence-electron chi connectivity index (χ1n) is 7.81. The fourth-order valence-electron chi connectivity index (χ4n) is 4.15. The van der Waals surface area contributed by atoms with E-state index in [1.807, 2.05) is 18.3 Å². The number of hydrogen-bond donors (Lipinski definition) is 1. The highest BCUT2D eigenvalue weighted by Crippen LogP contribution is 2.40. The van der Waals surface area contributed by atoms with Crippen LogP contribution in [0, 0.1) is 0 Å². The van der Waals surface area contributed by atoms with Crippen LogP contribution in [0.3, 0.4) is 0 Å². The molecule has 2 N–H and O–H groups in total. The molecule has 0 amide bonds. The molecule has 2 unspecified atom stereocenters. The zero-order valence-electron chi connectivity index (χ0n) is 12.0. The summed E-state index contributed by atoms with van der Waals surface area (Å²) in [4.78, 5) is 7.19. The van der Waals surface area contributed by atoms with Gasteiger partial charge < -0.3 is 10.6 Å². The normalized spacial score (nSPS) is 28.9. The van der Waals surface area contributed by atoms with E-state index >= 15 is 0 Å². The zero-order valence-corrected chi connectivity index (χ0v) is 12.8. The zero-order chi connectivity index (χ0) is 14.4. The largest absolute Gasteiger partial charge is 0.364 e. The van der Waals surface area contributed by atoms with Crippen LogP contribution in [0.15, 0.2) is 30.5 Å². The molecule has 0 spiro atoms. The van der Waals surface area contributed by atoms with E-state index in [1.54, 1.807) is 0 Å². The Labute approximate surface area is 130 Å². The minimum Gasteiger partial charge on any atom is -0.364 e. The predicted molar refractivity (Wildman–Crippen MR) is 87.9 cm³/mol. The fourth-order valence-corrected chi connectivity index (χ4v) is 4.36. The van der Waals surface area contributed by atoms with Gasteiger partial charge >= 0.3 is 0 Å². The third kappa shape index (κ3) is 2.19. The molecule has 21 heavy (non-hydrogen) atoms. The lowest BCUT2D eigenvalue weighted by atomic mass is 9.81. The van der Waals surface area contributed by atoms with Gasteiger partial charge in [0.15, 0.2) is 0 Å². The van der Waals surface area contributed by atoms with Crippen molar-refractivity contribution in [3.05, 3.63) is 35.5 Å². The van der Waals surface area contributed by atoms with Crippen LogP contribution in [0.5, 0.6) is 0 Å². The first kappa shape index (κ1) is 13.4. The van der Waals surface area contributed by atoms with Gasteiger partial charge in [0.25, 0.3) is 0 Å². The molecule has 4 rings (SSSR count). The van der Waals surface area contributed by atoms with Gasteiger partial charge in [0.05, 0.1) is 16.2 Å². The molecule has 110 valence electrons. The molecule has 0 radical (unpaired) electrons. The van der Waals surface area contributed by atoms with Crippen molar-refractivity contribution in [2.24, 2.45) is 5.73 Å². The van der Waals surface area contributed by atoms with E-state index in [4.69, 9.17) is 17.3 Å². The number of benzene rings is 1. The molecule has 3 heterocycles. The highest BCUT2D eigenvalue weighted by atomic mass is 35.5. The minimum atomic E-state index is 0.350. The molecule has 2 fully saturated rings. The number of pyridine rings is 1. The standard InChI is InChI=1S/C17H20ClN3/c18-15-6-7-16(17-14(15)5-2-8-20-17)21-12-3-1-4-13(21)10-11(19)9-12/h2,5-8,11-13H,1,3-4,9-10,19H2. The van der Waals surface area contributed by atoms with Crippen molar-refractivity contribution in [2.45, 2.75) is 50.2 Å². The molecule has 2 saturated heterocycles. The first-order chi connectivity index (χ1) is 10.2. The van der Waals surface area contributed by atoms with E-state index in [2.05, 4.69) is 22.0 Å². The Bertz CT molecular complexity index is 658. The number of piperidine rings is 2. The van der Waals surface area contributed by atoms with E-state index in [0.717, 1.165) is 28.8 Å². The molecule has 2 aliphatic rings. The minimum absolute atomic E-state index is 0.350. The number of halogens is 1. The van der Waals surface area contributed by atoms with Gasteiger partial charge in [-0.2, -0.15) is 0 Å². The van der Waals surface area contributed by atoms with Gasteiger partial charge in [-0.25, -0.2) is 0 Å². The number of nitrogens with zero attached hydrogens (tertiary/aromatic N) is 2. The molecule has 1 aromatic carbocycles. The molecule has 2 bridgehead atoms. The van der Waals surface area contributed by atoms with Gasteiger partial charge in [-0.15, -0.1) is 0 Å². The smallest absolute Gasteiger partial charge is 0.0950 e. The summed E-state index contributed by atoms with van der Waals surface area (Å²) in [6.07, 6.45) is 7.83. The maximum Gasteiger partial charge on any atom is 0.0950 e. The van der Waals surface area contributed by atoms with Crippen LogP contribution in [0.1, 0.15) is 32.1 Å². The van der Waals surface area contributed by atoms with Gasteiger partial charge in [0.2, 0.25) is 0 Å². The molecule has 2 aromatic rings. The summed E-state index contributed by atoms with van der Waals surface area (Å²) in [5, 5.41) is 1.82. The molecule has 2 atom stereocenters. The number of aromatic nitrogens is 1. The SMILES string of the molecule is NC1CC2CCCC(C1)N2c1ccc(Cl)c2cccnc12. The Hall–Kier alpha value is -1.32. The molecule has 2 aliphatic heterocycles. The van der Waals surface area contributed by atoms with Crippen molar-refractivity contribution < 1.29 is 0 Å². The van der Waals surface area contributed by atoms with E-state index < -0.39 is 0 Å². The van der Waals surface area contributed by atoms with Crippen molar-refractivity contribution in [3.8, 4) is 0 Å². The van der Waals surface area contributed by atoms with Crippen LogP contribution in [0.4, 0.5) is 5.69 Å². The van der Waals surface area contributed by atoms with Crippen molar-refractivity contribution in [1.29, 1.82) is 0 Å². The Morgan fingerprint density at radius 2 is 1.90 bits per heavy atom. The lowest BCUT2D eigenvalue weighted by molar-refractivity contribution is 0.272. The monoisotopic (exact) mass is 301 g/mol. The Morgan fingerprint density at radius 1 is 1.14 bits per heavy atom. The Morgan fingerprint density at radius 3 is 2.67 bits per heavy atom. The van der Waals surface area contributed by atoms with Gasteiger partial charge in [0.1, 0.15) is 0 Å². The van der Waals surface area contributed by atoms with Gasteiger partial charge in [-0.05, 0) is 56.4 Å². The highest BCUT2D eigenvalue weighted by Gasteiger charge is 2.37. The van der Waals surface area contributed by atoms with E-state index in [-0.39, 0.29) is 0 Å². The van der Waals surface area contributed by atoms with Gasteiger partial charge in [0, 0.05) is 29.7 Å². The fraction of sp³-hybridized carbons (Fsp3) is 0.471. The summed E-state index contributed by atoms with van der Waals surface area (Å²) in [6, 6.07) is 9.61. The van der Waals surface area contributed by atoms with Crippen LogP contribution in [-0.2, 0) is 0 Å². The highest BCUT2D eigenvalue weighted by molar-refractivity contribution is 6.35. The molecule has 1 aromatic heterocycles. The number of nitrogens with two attached hydrogens (primary N) is 1. The number of anilines is 1. The number of hydrogen-bond acceptors (Lipinski definition) is 3. The molecular weight excluding hydrogens is 282 g/mol. The first-order valence-corrected chi connectivity index (χ1v) is 8.19. The summed E-state index contributed by atoms with van der Waals surface area (Å²) >= 11 is 6.33. The molecule has 3 nitrogen and oxygen atoms in total. The topological polar surface area (TPSA) is 42.1 Å². The van der Waals surface area contributed by atoms with Crippen LogP contribution < -0.4 is 10.6 Å². The molecule has 4 heteroatoms. The molecule has 0 aliphatic carbocycles. The van der Waals surface area contributed by atoms with Crippen molar-refractivity contribution in [1.82, 2.24) is 4.98 Å². The quantitative estimate of drug-likeness (QED) is 0.872. The molecule has 0 saturated carbocycles. The lowest BCUT2D eigenvalue weighted by Gasteiger charge is -2.49. The number of fused-ring (bicyclic) bond motifs is 3. The number of rotatable bonds is 1. The van der Waals surface area contributed by atoms with Crippen molar-refractivity contribution >= 4 is 28.2 Å². The lowest BCUT2D eigenvalue weighted by Crippen LogP contribution is -2.55. The Balaban J connectivity index is 1.85. The second-order valence-corrected chi connectivity index (χ2v) is 6.75. The molecular formula is C17H20ClN3. The third-order valence-electron chi connectivity index (χ3n) is 4.98. The van der Waals surface area contributed by atoms with Crippen molar-refractivity contribution in [2.75, 3.05) is 4.90 Å². The second kappa shape index (κ2) is 5.15. The average molecular weight is 302 g/mol. The predicted octanol–water partition coefficient (Wildman–Crippen LogP) is 3.74. The maximum atomic E-state index is 6.33. The average Bonchev–Trinajstić information content (AvgIpc) is 2.48. The maximum absolute atomic E-state index is 6.33. The third-order valence-corrected chi connectivity index (χ3v) is 5.31. The van der Waals surface area contributed by atoms with Gasteiger partial charge in [-0.3, -0.25) is 4.98 Å². The summed E-state index contributed by atoms with van der Waals surface area (Å²) in [5.74, 6) is 0. The van der Waals surface area contributed by atoms with Crippen LogP contribution in [-0.4, -0.2) is 23.1 Å². The van der Waals surface area contributed by atoms with Gasteiger partial charge in [-0.1, -0.05) is 11.6 Å². The summed E-state index contributed by atoms with van der Waals surface area (Å²) in [7, 11) is 0. The Kier molecular flexibility index (Phi) is 3.27. The van der Waals surface area contributed by atoms with E-state index in [9.17, 15) is 0 Å². The second-order valence-electron chi connectivity index (χ2n) is 6.34. The summed E-state index contributed by atoms with van der Waals surface area (Å²) in [5.41, 5.74) is 8.50. The van der Waals surface area contributed by atoms with Crippen LogP contribution in [0.25, 0.3) is 10.9 Å². The van der Waals surface area contributed by atoms with E-state index in [1.165, 1.54) is 24.9 Å².